The van der Waals surface area contributed by atoms with Crippen molar-refractivity contribution in [3.05, 3.63) is 29.6 Å². The van der Waals surface area contributed by atoms with Crippen LogP contribution >= 0.6 is 0 Å². The zero-order chi connectivity index (χ0) is 21.5. The van der Waals surface area contributed by atoms with Crippen LogP contribution in [0.2, 0.25) is 0 Å². The molecule has 2 aliphatic heterocycles. The molecule has 2 aliphatic rings. The molecule has 0 radical (unpaired) electrons. The molecule has 0 aromatic heterocycles. The number of nitrogens with one attached hydrogen (secondary N) is 2. The Bertz CT molecular complexity index is 782. The standard InChI is InChI=1S/C22H32FN5O2/c1-3-24-22(25-11-13-28-20(29)7-4-8-21(28)30)26-18-6-5-12-27(15-18)19-10-9-17(23)14-16(19)2/h9-10,14,18H,3-8,11-13,15H2,1-2H3,(H2,24,25,26). The number of amides is 2. The van der Waals surface area contributed by atoms with E-state index in [9.17, 15) is 14.0 Å². The molecule has 0 aliphatic carbocycles. The molecule has 8 heteroatoms. The summed E-state index contributed by atoms with van der Waals surface area (Å²) in [5.74, 6) is 0.279. The second-order valence-corrected chi connectivity index (χ2v) is 7.91. The highest BCUT2D eigenvalue weighted by Gasteiger charge is 2.25. The van der Waals surface area contributed by atoms with Crippen LogP contribution in [0, 0.1) is 12.7 Å². The fraction of sp³-hybridized carbons (Fsp3) is 0.591. The van der Waals surface area contributed by atoms with Gasteiger partial charge in [0.15, 0.2) is 5.96 Å². The number of carbonyl (C=O) groups is 2. The molecule has 164 valence electrons. The number of aliphatic imine (C=N–C) groups is 1. The van der Waals surface area contributed by atoms with Crippen molar-refractivity contribution >= 4 is 23.5 Å². The third-order valence-electron chi connectivity index (χ3n) is 5.58. The number of halogens is 1. The Hall–Kier alpha value is -2.64. The minimum absolute atomic E-state index is 0.100. The Morgan fingerprint density at radius 3 is 2.70 bits per heavy atom. The van der Waals surface area contributed by atoms with Gasteiger partial charge in [-0.2, -0.15) is 0 Å². The van der Waals surface area contributed by atoms with Gasteiger partial charge >= 0.3 is 0 Å². The Kier molecular flexibility index (Phi) is 7.65. The lowest BCUT2D eigenvalue weighted by molar-refractivity contribution is -0.147. The van der Waals surface area contributed by atoms with Crippen LogP contribution in [0.15, 0.2) is 23.2 Å². The van der Waals surface area contributed by atoms with Gasteiger partial charge in [-0.1, -0.05) is 0 Å². The lowest BCUT2D eigenvalue weighted by Crippen LogP contribution is -2.51. The molecule has 0 saturated carbocycles. The van der Waals surface area contributed by atoms with Crippen molar-refractivity contribution in [2.75, 3.05) is 37.6 Å². The van der Waals surface area contributed by atoms with Gasteiger partial charge in [0.05, 0.1) is 6.54 Å². The van der Waals surface area contributed by atoms with E-state index >= 15 is 0 Å². The van der Waals surface area contributed by atoms with Crippen LogP contribution in [-0.4, -0.2) is 61.4 Å². The molecular weight excluding hydrogens is 385 g/mol. The van der Waals surface area contributed by atoms with E-state index in [1.165, 1.54) is 11.0 Å². The average molecular weight is 418 g/mol. The summed E-state index contributed by atoms with van der Waals surface area (Å²) in [5, 5.41) is 6.73. The molecule has 30 heavy (non-hydrogen) atoms. The molecule has 2 N–H and O–H groups in total. The first kappa shape index (κ1) is 22.1. The fourth-order valence-corrected chi connectivity index (χ4v) is 4.11. The van der Waals surface area contributed by atoms with Crippen molar-refractivity contribution in [3.8, 4) is 0 Å². The molecule has 1 aromatic rings. The van der Waals surface area contributed by atoms with Crippen molar-refractivity contribution < 1.29 is 14.0 Å². The summed E-state index contributed by atoms with van der Waals surface area (Å²) in [6, 6.07) is 5.13. The lowest BCUT2D eigenvalue weighted by Gasteiger charge is -2.36. The highest BCUT2D eigenvalue weighted by Crippen LogP contribution is 2.24. The van der Waals surface area contributed by atoms with E-state index in [1.54, 1.807) is 6.07 Å². The third kappa shape index (κ3) is 5.70. The highest BCUT2D eigenvalue weighted by molar-refractivity contribution is 5.97. The average Bonchev–Trinajstić information content (AvgIpc) is 2.70. The van der Waals surface area contributed by atoms with Gasteiger partial charge in [0, 0.05) is 50.7 Å². The highest BCUT2D eigenvalue weighted by atomic mass is 19.1. The van der Waals surface area contributed by atoms with E-state index in [2.05, 4.69) is 20.5 Å². The molecule has 0 spiro atoms. The van der Waals surface area contributed by atoms with E-state index in [-0.39, 0.29) is 23.7 Å². The monoisotopic (exact) mass is 417 g/mol. The normalized spacial score (nSPS) is 20.5. The van der Waals surface area contributed by atoms with Crippen LogP contribution in [0.5, 0.6) is 0 Å². The molecule has 1 aromatic carbocycles. The minimum atomic E-state index is -0.213. The molecule has 0 bridgehead atoms. The molecule has 1 unspecified atom stereocenters. The number of benzene rings is 1. The van der Waals surface area contributed by atoms with Gasteiger partial charge in [-0.3, -0.25) is 19.5 Å². The number of hydrogen-bond acceptors (Lipinski definition) is 4. The molecule has 3 rings (SSSR count). The van der Waals surface area contributed by atoms with E-state index in [4.69, 9.17) is 0 Å². The number of likely N-dealkylation sites (tertiary alicyclic amines) is 1. The van der Waals surface area contributed by atoms with Gasteiger partial charge in [0.1, 0.15) is 5.82 Å². The zero-order valence-electron chi connectivity index (χ0n) is 17.9. The molecule has 2 saturated heterocycles. The number of piperidine rings is 2. The van der Waals surface area contributed by atoms with Crippen molar-refractivity contribution in [1.29, 1.82) is 0 Å². The molecule has 2 amide bonds. The van der Waals surface area contributed by atoms with E-state index in [0.29, 0.717) is 38.3 Å². The summed E-state index contributed by atoms with van der Waals surface area (Å²) in [7, 11) is 0. The molecule has 2 fully saturated rings. The maximum Gasteiger partial charge on any atom is 0.229 e. The number of guanidine groups is 1. The maximum absolute atomic E-state index is 13.4. The minimum Gasteiger partial charge on any atom is -0.369 e. The van der Waals surface area contributed by atoms with Gasteiger partial charge in [-0.15, -0.1) is 0 Å². The zero-order valence-corrected chi connectivity index (χ0v) is 17.9. The van der Waals surface area contributed by atoms with Crippen LogP contribution in [0.1, 0.15) is 44.6 Å². The van der Waals surface area contributed by atoms with Crippen LogP contribution in [0.25, 0.3) is 0 Å². The number of hydrogen-bond donors (Lipinski definition) is 2. The molecule has 7 nitrogen and oxygen atoms in total. The summed E-state index contributed by atoms with van der Waals surface area (Å²) in [4.78, 5) is 32.1. The van der Waals surface area contributed by atoms with Crippen molar-refractivity contribution in [3.63, 3.8) is 0 Å². The predicted octanol–water partition coefficient (Wildman–Crippen LogP) is 2.20. The number of carbonyl (C=O) groups excluding carboxylic acids is 2. The maximum atomic E-state index is 13.4. The topological polar surface area (TPSA) is 77.0 Å². The lowest BCUT2D eigenvalue weighted by atomic mass is 10.0. The summed E-state index contributed by atoms with van der Waals surface area (Å²) >= 11 is 0. The predicted molar refractivity (Wildman–Crippen MR) is 116 cm³/mol. The Morgan fingerprint density at radius 1 is 1.23 bits per heavy atom. The van der Waals surface area contributed by atoms with Crippen molar-refractivity contribution in [1.82, 2.24) is 15.5 Å². The third-order valence-corrected chi connectivity index (χ3v) is 5.58. The van der Waals surface area contributed by atoms with Gasteiger partial charge in [0.25, 0.3) is 0 Å². The Balaban J connectivity index is 1.59. The van der Waals surface area contributed by atoms with E-state index in [1.807, 2.05) is 19.9 Å². The number of anilines is 1. The van der Waals surface area contributed by atoms with Crippen LogP contribution in [-0.2, 0) is 9.59 Å². The fourth-order valence-electron chi connectivity index (χ4n) is 4.11. The summed E-state index contributed by atoms with van der Waals surface area (Å²) in [6.07, 6.45) is 3.57. The number of aryl methyl sites for hydroxylation is 1. The Labute approximate surface area is 177 Å². The van der Waals surface area contributed by atoms with Gasteiger partial charge in [-0.25, -0.2) is 4.39 Å². The molecule has 2 heterocycles. The Morgan fingerprint density at radius 2 is 2.00 bits per heavy atom. The first-order valence-electron chi connectivity index (χ1n) is 10.9. The molecular formula is C22H32FN5O2. The first-order chi connectivity index (χ1) is 14.5. The number of rotatable bonds is 6. The summed E-state index contributed by atoms with van der Waals surface area (Å²) in [6.45, 7) is 7.10. The smallest absolute Gasteiger partial charge is 0.229 e. The van der Waals surface area contributed by atoms with E-state index < -0.39 is 0 Å². The second kappa shape index (κ2) is 10.4. The molecule has 1 atom stereocenters. The quantitative estimate of drug-likeness (QED) is 0.422. The second-order valence-electron chi connectivity index (χ2n) is 7.91. The SMILES string of the molecule is CCNC(=NCCN1C(=O)CCCC1=O)NC1CCCN(c2ccc(F)cc2C)C1. The number of imide groups is 1. The first-order valence-corrected chi connectivity index (χ1v) is 10.9. The largest absolute Gasteiger partial charge is 0.369 e. The van der Waals surface area contributed by atoms with Crippen molar-refractivity contribution in [2.24, 2.45) is 4.99 Å². The van der Waals surface area contributed by atoms with Gasteiger partial charge < -0.3 is 15.5 Å². The van der Waals surface area contributed by atoms with Crippen molar-refractivity contribution in [2.45, 2.75) is 52.0 Å². The summed E-state index contributed by atoms with van der Waals surface area (Å²) in [5.41, 5.74) is 2.00. The van der Waals surface area contributed by atoms with Gasteiger partial charge in [0.2, 0.25) is 11.8 Å². The van der Waals surface area contributed by atoms with Crippen LogP contribution in [0.4, 0.5) is 10.1 Å². The summed E-state index contributed by atoms with van der Waals surface area (Å²) < 4.78 is 13.4. The van der Waals surface area contributed by atoms with E-state index in [0.717, 1.165) is 43.7 Å². The van der Waals surface area contributed by atoms with Crippen LogP contribution < -0.4 is 15.5 Å². The van der Waals surface area contributed by atoms with Crippen LogP contribution in [0.3, 0.4) is 0 Å². The van der Waals surface area contributed by atoms with Gasteiger partial charge in [-0.05, 0) is 56.9 Å². The number of nitrogens with zero attached hydrogens (tertiary/aromatic N) is 3.